The van der Waals surface area contributed by atoms with E-state index in [4.69, 9.17) is 4.74 Å². The molecule has 0 spiro atoms. The second-order valence-corrected chi connectivity index (χ2v) is 6.52. The second-order valence-electron chi connectivity index (χ2n) is 6.52. The van der Waals surface area contributed by atoms with E-state index in [1.54, 1.807) is 7.05 Å². The summed E-state index contributed by atoms with van der Waals surface area (Å²) in [5.74, 6) is 1.29. The predicted molar refractivity (Wildman–Crippen MR) is 103 cm³/mol. The molecular weight excluding hydrogens is 312 g/mol. The van der Waals surface area contributed by atoms with Gasteiger partial charge < -0.3 is 15.4 Å². The van der Waals surface area contributed by atoms with Gasteiger partial charge in [-0.25, -0.2) is 4.79 Å². The van der Waals surface area contributed by atoms with Gasteiger partial charge in [-0.05, 0) is 48.1 Å². The molecule has 0 saturated heterocycles. The summed E-state index contributed by atoms with van der Waals surface area (Å²) in [5.41, 5.74) is 5.38. The molecule has 4 nitrogen and oxygen atoms in total. The third kappa shape index (κ3) is 4.99. The van der Waals surface area contributed by atoms with Crippen LogP contribution < -0.4 is 15.4 Å². The highest BCUT2D eigenvalue weighted by molar-refractivity contribution is 5.89. The van der Waals surface area contributed by atoms with E-state index in [-0.39, 0.29) is 6.03 Å². The van der Waals surface area contributed by atoms with Crippen LogP contribution in [0.4, 0.5) is 10.5 Å². The molecule has 0 aliphatic carbocycles. The van der Waals surface area contributed by atoms with Gasteiger partial charge >= 0.3 is 6.03 Å². The Hall–Kier alpha value is -2.49. The molecular formula is C21H28N2O2. The van der Waals surface area contributed by atoms with Crippen molar-refractivity contribution in [1.29, 1.82) is 0 Å². The Morgan fingerprint density at radius 2 is 1.92 bits per heavy atom. The largest absolute Gasteiger partial charge is 0.489 e. The van der Waals surface area contributed by atoms with Crippen LogP contribution in [-0.4, -0.2) is 13.1 Å². The number of carbonyl (C=O) groups is 1. The molecule has 0 aromatic heterocycles. The van der Waals surface area contributed by atoms with Crippen LogP contribution in [0.2, 0.25) is 0 Å². The molecule has 2 amide bonds. The number of hydrogen-bond donors (Lipinski definition) is 2. The van der Waals surface area contributed by atoms with Crippen LogP contribution >= 0.6 is 0 Å². The lowest BCUT2D eigenvalue weighted by atomic mass is 10.00. The Kier molecular flexibility index (Phi) is 6.45. The first-order valence-electron chi connectivity index (χ1n) is 8.78. The molecule has 0 radical (unpaired) electrons. The molecule has 0 atom stereocenters. The average Bonchev–Trinajstić information content (AvgIpc) is 2.61. The van der Waals surface area contributed by atoms with Crippen LogP contribution in [0.1, 0.15) is 48.9 Å². The molecule has 2 aromatic carbocycles. The molecule has 2 rings (SSSR count). The van der Waals surface area contributed by atoms with Gasteiger partial charge in [-0.15, -0.1) is 0 Å². The maximum atomic E-state index is 11.7. The van der Waals surface area contributed by atoms with E-state index in [0.717, 1.165) is 29.0 Å². The summed E-state index contributed by atoms with van der Waals surface area (Å²) in [7, 11) is 1.60. The van der Waals surface area contributed by atoms with Crippen LogP contribution in [-0.2, 0) is 13.0 Å². The lowest BCUT2D eigenvalue weighted by Crippen LogP contribution is -2.25. The van der Waals surface area contributed by atoms with Crippen LogP contribution in [0.3, 0.4) is 0 Å². The van der Waals surface area contributed by atoms with E-state index >= 15 is 0 Å². The highest BCUT2D eigenvalue weighted by atomic mass is 16.5. The van der Waals surface area contributed by atoms with Crippen LogP contribution in [0.25, 0.3) is 0 Å². The van der Waals surface area contributed by atoms with Crippen molar-refractivity contribution in [3.05, 3.63) is 58.7 Å². The van der Waals surface area contributed by atoms with E-state index in [1.165, 1.54) is 11.1 Å². The van der Waals surface area contributed by atoms with Crippen molar-refractivity contribution >= 4 is 11.7 Å². The summed E-state index contributed by atoms with van der Waals surface area (Å²) in [5, 5.41) is 5.45. The molecule has 0 heterocycles. The van der Waals surface area contributed by atoms with Crippen LogP contribution in [0, 0.1) is 6.92 Å². The van der Waals surface area contributed by atoms with Crippen molar-refractivity contribution < 1.29 is 9.53 Å². The normalized spacial score (nSPS) is 10.6. The second kappa shape index (κ2) is 8.56. The number of amides is 2. The van der Waals surface area contributed by atoms with Gasteiger partial charge in [0.2, 0.25) is 0 Å². The molecule has 134 valence electrons. The topological polar surface area (TPSA) is 50.4 Å². The van der Waals surface area contributed by atoms with Crippen molar-refractivity contribution in [2.24, 2.45) is 0 Å². The van der Waals surface area contributed by atoms with Gasteiger partial charge in [0.05, 0.1) is 0 Å². The minimum absolute atomic E-state index is 0.234. The van der Waals surface area contributed by atoms with Gasteiger partial charge in [-0.1, -0.05) is 45.0 Å². The fourth-order valence-electron chi connectivity index (χ4n) is 2.65. The van der Waals surface area contributed by atoms with Gasteiger partial charge in [-0.3, -0.25) is 0 Å². The third-order valence-electron chi connectivity index (χ3n) is 4.30. The highest BCUT2D eigenvalue weighted by Gasteiger charge is 2.10. The van der Waals surface area contributed by atoms with Crippen molar-refractivity contribution in [3.63, 3.8) is 0 Å². The lowest BCUT2D eigenvalue weighted by Gasteiger charge is -2.16. The van der Waals surface area contributed by atoms with Gasteiger partial charge in [-0.2, -0.15) is 0 Å². The monoisotopic (exact) mass is 340 g/mol. The Morgan fingerprint density at radius 1 is 1.16 bits per heavy atom. The zero-order chi connectivity index (χ0) is 18.4. The van der Waals surface area contributed by atoms with E-state index < -0.39 is 0 Å². The number of carbonyl (C=O) groups excluding carboxylic acids is 1. The lowest BCUT2D eigenvalue weighted by molar-refractivity contribution is 0.254. The Labute approximate surface area is 150 Å². The van der Waals surface area contributed by atoms with Crippen LogP contribution in [0.5, 0.6) is 5.75 Å². The minimum atomic E-state index is -0.234. The molecule has 0 aliphatic heterocycles. The number of hydrogen-bond acceptors (Lipinski definition) is 2. The van der Waals surface area contributed by atoms with Gasteiger partial charge in [0.15, 0.2) is 0 Å². The fourth-order valence-corrected chi connectivity index (χ4v) is 2.65. The summed E-state index contributed by atoms with van der Waals surface area (Å²) >= 11 is 0. The van der Waals surface area contributed by atoms with E-state index in [1.807, 2.05) is 18.2 Å². The van der Waals surface area contributed by atoms with Gasteiger partial charge in [0.25, 0.3) is 0 Å². The van der Waals surface area contributed by atoms with Crippen LogP contribution in [0.15, 0.2) is 36.4 Å². The number of nitrogens with one attached hydrogen (secondary N) is 2. The number of urea groups is 1. The number of rotatable bonds is 6. The average molecular weight is 340 g/mol. The van der Waals surface area contributed by atoms with Crippen molar-refractivity contribution in [2.45, 2.75) is 46.6 Å². The van der Waals surface area contributed by atoms with E-state index in [0.29, 0.717) is 12.5 Å². The minimum Gasteiger partial charge on any atom is -0.489 e. The summed E-state index contributed by atoms with van der Waals surface area (Å²) in [6, 6.07) is 12.1. The molecule has 25 heavy (non-hydrogen) atoms. The first kappa shape index (κ1) is 18.8. The van der Waals surface area contributed by atoms with Crippen molar-refractivity contribution in [2.75, 3.05) is 12.4 Å². The van der Waals surface area contributed by atoms with Crippen molar-refractivity contribution in [1.82, 2.24) is 5.32 Å². The molecule has 0 saturated carbocycles. The molecule has 0 aliphatic rings. The smallest absolute Gasteiger partial charge is 0.318 e. The van der Waals surface area contributed by atoms with Gasteiger partial charge in [0, 0.05) is 18.3 Å². The fraction of sp³-hybridized carbons (Fsp3) is 0.381. The zero-order valence-electron chi connectivity index (χ0n) is 15.8. The summed E-state index contributed by atoms with van der Waals surface area (Å²) in [6.07, 6.45) is 1.01. The molecule has 0 fully saturated rings. The van der Waals surface area contributed by atoms with Crippen molar-refractivity contribution in [3.8, 4) is 5.75 Å². The maximum absolute atomic E-state index is 11.7. The Morgan fingerprint density at radius 3 is 2.52 bits per heavy atom. The summed E-state index contributed by atoms with van der Waals surface area (Å²) in [4.78, 5) is 11.7. The standard InChI is InChI=1S/C21H28N2O2/c1-6-16-7-10-20(15(4)11-16)25-13-18-12-17(14(2)3)8-9-19(18)23-21(24)22-5/h7-12,14H,6,13H2,1-5H3,(H2,22,23,24). The molecule has 2 aromatic rings. The Balaban J connectivity index is 2.23. The SMILES string of the molecule is CCc1ccc(OCc2cc(C(C)C)ccc2NC(=O)NC)c(C)c1. The Bertz CT molecular complexity index is 739. The quantitative estimate of drug-likeness (QED) is 0.776. The number of anilines is 1. The maximum Gasteiger partial charge on any atom is 0.318 e. The molecule has 0 bridgehead atoms. The number of aryl methyl sites for hydroxylation is 2. The van der Waals surface area contributed by atoms with Gasteiger partial charge in [0.1, 0.15) is 12.4 Å². The summed E-state index contributed by atoms with van der Waals surface area (Å²) < 4.78 is 6.04. The molecule has 2 N–H and O–H groups in total. The number of ether oxygens (including phenoxy) is 1. The first-order chi connectivity index (χ1) is 11.9. The number of benzene rings is 2. The third-order valence-corrected chi connectivity index (χ3v) is 4.30. The predicted octanol–water partition coefficient (Wildman–Crippen LogP) is 5.01. The summed E-state index contributed by atoms with van der Waals surface area (Å²) in [6.45, 7) is 8.91. The van der Waals surface area contributed by atoms with E-state index in [9.17, 15) is 4.79 Å². The first-order valence-corrected chi connectivity index (χ1v) is 8.78. The molecule has 0 unspecified atom stereocenters. The van der Waals surface area contributed by atoms with E-state index in [2.05, 4.69) is 56.5 Å². The molecule has 4 heteroatoms. The highest BCUT2D eigenvalue weighted by Crippen LogP contribution is 2.26. The zero-order valence-corrected chi connectivity index (χ0v) is 15.8.